The average Bonchev–Trinajstić information content (AvgIpc) is 3.25. The molecule has 0 spiro atoms. The van der Waals surface area contributed by atoms with Crippen LogP contribution in [0.2, 0.25) is 0 Å². The third-order valence-electron chi connectivity index (χ3n) is 6.45. The number of allylic oxidation sites excluding steroid dienone is 1. The molecule has 2 heterocycles. The molecular formula is C31H26N2O5S. The SMILES string of the molecule is C#CCOc1ccc(OC)cc1/C=c1/sc2n(c1=O)C(c1cccc3ccccc13)C(C(=O)OCC)=C(C)N=2. The monoisotopic (exact) mass is 538 g/mol. The van der Waals surface area contributed by atoms with Crippen LogP contribution in [-0.4, -0.2) is 30.9 Å². The maximum Gasteiger partial charge on any atom is 0.338 e. The van der Waals surface area contributed by atoms with Crippen LogP contribution in [0, 0.1) is 12.3 Å². The predicted octanol–water partition coefficient (Wildman–Crippen LogP) is 3.97. The molecule has 3 aromatic carbocycles. The van der Waals surface area contributed by atoms with Crippen LogP contribution in [0.25, 0.3) is 16.8 Å². The largest absolute Gasteiger partial charge is 0.497 e. The quantitative estimate of drug-likeness (QED) is 0.263. The van der Waals surface area contributed by atoms with Gasteiger partial charge in [0.25, 0.3) is 5.56 Å². The molecule has 1 aromatic heterocycles. The number of thiazole rings is 1. The van der Waals surface area contributed by atoms with Crippen molar-refractivity contribution in [3.63, 3.8) is 0 Å². The molecule has 0 saturated heterocycles. The van der Waals surface area contributed by atoms with Crippen LogP contribution in [-0.2, 0) is 9.53 Å². The molecule has 0 bridgehead atoms. The number of carbonyl (C=O) groups is 1. The van der Waals surface area contributed by atoms with Gasteiger partial charge in [0.2, 0.25) is 0 Å². The van der Waals surface area contributed by atoms with E-state index in [1.807, 2.05) is 42.5 Å². The molecule has 4 aromatic rings. The number of ether oxygens (including phenoxy) is 3. The molecule has 0 fully saturated rings. The van der Waals surface area contributed by atoms with Crippen LogP contribution >= 0.6 is 11.3 Å². The third kappa shape index (κ3) is 4.85. The average molecular weight is 539 g/mol. The molecule has 5 rings (SSSR count). The van der Waals surface area contributed by atoms with Gasteiger partial charge in [-0.05, 0) is 54.5 Å². The van der Waals surface area contributed by atoms with Crippen LogP contribution in [0.15, 0.2) is 81.7 Å². The number of benzene rings is 3. The predicted molar refractivity (Wildman–Crippen MR) is 152 cm³/mol. The summed E-state index contributed by atoms with van der Waals surface area (Å²) in [6.45, 7) is 3.81. The fraction of sp³-hybridized carbons (Fsp3) is 0.194. The first-order valence-electron chi connectivity index (χ1n) is 12.4. The summed E-state index contributed by atoms with van der Waals surface area (Å²) < 4.78 is 18.5. The minimum absolute atomic E-state index is 0.0809. The Morgan fingerprint density at radius 3 is 2.74 bits per heavy atom. The number of aromatic nitrogens is 1. The van der Waals surface area contributed by atoms with Gasteiger partial charge < -0.3 is 14.2 Å². The lowest BCUT2D eigenvalue weighted by atomic mass is 9.91. The summed E-state index contributed by atoms with van der Waals surface area (Å²) in [5.74, 6) is 3.09. The topological polar surface area (TPSA) is 79.1 Å². The number of hydrogen-bond donors (Lipinski definition) is 0. The summed E-state index contributed by atoms with van der Waals surface area (Å²) in [4.78, 5) is 32.5. The van der Waals surface area contributed by atoms with Crippen molar-refractivity contribution < 1.29 is 19.0 Å². The minimum Gasteiger partial charge on any atom is -0.497 e. The Labute approximate surface area is 229 Å². The fourth-order valence-electron chi connectivity index (χ4n) is 4.73. The van der Waals surface area contributed by atoms with Gasteiger partial charge in [0.15, 0.2) is 4.80 Å². The summed E-state index contributed by atoms with van der Waals surface area (Å²) >= 11 is 1.24. The molecule has 8 heteroatoms. The summed E-state index contributed by atoms with van der Waals surface area (Å²) in [5, 5.41) is 1.94. The van der Waals surface area contributed by atoms with E-state index in [0.29, 0.717) is 37.7 Å². The summed E-state index contributed by atoms with van der Waals surface area (Å²) in [6.07, 6.45) is 7.13. The Morgan fingerprint density at radius 2 is 1.97 bits per heavy atom. The molecule has 0 saturated carbocycles. The van der Waals surface area contributed by atoms with Gasteiger partial charge >= 0.3 is 5.97 Å². The maximum absolute atomic E-state index is 14.1. The van der Waals surface area contributed by atoms with Gasteiger partial charge in [0.1, 0.15) is 18.1 Å². The first kappa shape index (κ1) is 26.0. The first-order chi connectivity index (χ1) is 19.0. The van der Waals surface area contributed by atoms with Gasteiger partial charge in [-0.2, -0.15) is 0 Å². The number of carbonyl (C=O) groups excluding carboxylic acids is 1. The highest BCUT2D eigenvalue weighted by atomic mass is 32.1. The number of rotatable bonds is 7. The van der Waals surface area contributed by atoms with Crippen molar-refractivity contribution in [1.82, 2.24) is 4.57 Å². The molecular weight excluding hydrogens is 512 g/mol. The molecule has 0 amide bonds. The van der Waals surface area contributed by atoms with Crippen molar-refractivity contribution in [2.24, 2.45) is 4.99 Å². The van der Waals surface area contributed by atoms with Gasteiger partial charge in [-0.1, -0.05) is 59.7 Å². The lowest BCUT2D eigenvalue weighted by molar-refractivity contribution is -0.139. The zero-order valence-electron chi connectivity index (χ0n) is 21.8. The first-order valence-corrected chi connectivity index (χ1v) is 13.2. The van der Waals surface area contributed by atoms with Crippen molar-refractivity contribution in [1.29, 1.82) is 0 Å². The van der Waals surface area contributed by atoms with E-state index in [-0.39, 0.29) is 18.8 Å². The van der Waals surface area contributed by atoms with Crippen molar-refractivity contribution in [3.8, 4) is 23.8 Å². The number of esters is 1. The van der Waals surface area contributed by atoms with Crippen LogP contribution < -0.4 is 24.4 Å². The minimum atomic E-state index is -0.712. The smallest absolute Gasteiger partial charge is 0.338 e. The molecule has 0 aliphatic carbocycles. The third-order valence-corrected chi connectivity index (χ3v) is 7.43. The van der Waals surface area contributed by atoms with Crippen LogP contribution in [0.1, 0.15) is 31.0 Å². The maximum atomic E-state index is 14.1. The zero-order valence-corrected chi connectivity index (χ0v) is 22.6. The van der Waals surface area contributed by atoms with Crippen LogP contribution in [0.5, 0.6) is 11.5 Å². The second-order valence-electron chi connectivity index (χ2n) is 8.77. The highest BCUT2D eigenvalue weighted by Gasteiger charge is 2.34. The molecule has 1 aliphatic rings. The van der Waals surface area contributed by atoms with Crippen molar-refractivity contribution >= 4 is 34.2 Å². The Kier molecular flexibility index (Phi) is 7.35. The number of fused-ring (bicyclic) bond motifs is 2. The van der Waals surface area contributed by atoms with E-state index in [4.69, 9.17) is 20.6 Å². The van der Waals surface area contributed by atoms with Crippen molar-refractivity contribution in [3.05, 3.63) is 103 Å². The van der Waals surface area contributed by atoms with Crippen LogP contribution in [0.4, 0.5) is 0 Å². The second kappa shape index (κ2) is 11.0. The van der Waals surface area contributed by atoms with Crippen molar-refractivity contribution in [2.45, 2.75) is 19.9 Å². The molecule has 1 atom stereocenters. The molecule has 1 aliphatic heterocycles. The van der Waals surface area contributed by atoms with E-state index in [2.05, 4.69) is 10.9 Å². The molecule has 196 valence electrons. The Morgan fingerprint density at radius 1 is 1.18 bits per heavy atom. The molecule has 7 nitrogen and oxygen atoms in total. The Bertz CT molecular complexity index is 1840. The normalized spacial score (nSPS) is 14.9. The summed E-state index contributed by atoms with van der Waals surface area (Å²) in [6, 6.07) is 18.3. The number of hydrogen-bond acceptors (Lipinski definition) is 7. The van der Waals surface area contributed by atoms with Crippen LogP contribution in [0.3, 0.4) is 0 Å². The molecule has 0 N–H and O–H groups in total. The number of nitrogens with zero attached hydrogens (tertiary/aromatic N) is 2. The Balaban J connectivity index is 1.77. The second-order valence-corrected chi connectivity index (χ2v) is 9.78. The van der Waals surface area contributed by atoms with E-state index in [9.17, 15) is 9.59 Å². The fourth-order valence-corrected chi connectivity index (χ4v) is 5.77. The number of methoxy groups -OCH3 is 1. The Hall–Kier alpha value is -4.61. The van der Waals surface area contributed by atoms with E-state index in [1.165, 1.54) is 11.3 Å². The van der Waals surface area contributed by atoms with Gasteiger partial charge in [-0.3, -0.25) is 9.36 Å². The van der Waals surface area contributed by atoms with Gasteiger partial charge in [0, 0.05) is 5.56 Å². The van der Waals surface area contributed by atoms with Crippen molar-refractivity contribution in [2.75, 3.05) is 20.3 Å². The number of terminal acetylenes is 1. The highest BCUT2D eigenvalue weighted by Crippen LogP contribution is 2.35. The lowest BCUT2D eigenvalue weighted by Crippen LogP contribution is -2.40. The zero-order chi connectivity index (χ0) is 27.5. The lowest BCUT2D eigenvalue weighted by Gasteiger charge is -2.25. The molecule has 39 heavy (non-hydrogen) atoms. The van der Waals surface area contributed by atoms with Gasteiger partial charge in [-0.15, -0.1) is 6.42 Å². The van der Waals surface area contributed by atoms with Gasteiger partial charge in [0.05, 0.1) is 35.6 Å². The highest BCUT2D eigenvalue weighted by molar-refractivity contribution is 7.07. The molecule has 1 unspecified atom stereocenters. The van der Waals surface area contributed by atoms with E-state index in [1.54, 1.807) is 49.8 Å². The standard InChI is InChI=1S/C31H26N2O5S/c1-5-16-38-25-15-14-22(36-4)17-21(25)18-26-29(34)33-28(24-13-9-11-20-10-7-8-12-23(20)24)27(30(35)37-6-2)19(3)32-31(33)39-26/h1,7-15,17-18,28H,6,16H2,2-4H3/b26-18+. The van der Waals surface area contributed by atoms with E-state index in [0.717, 1.165) is 16.3 Å². The molecule has 0 radical (unpaired) electrons. The van der Waals surface area contributed by atoms with E-state index < -0.39 is 12.0 Å². The summed E-state index contributed by atoms with van der Waals surface area (Å²) in [7, 11) is 1.57. The van der Waals surface area contributed by atoms with E-state index >= 15 is 0 Å². The van der Waals surface area contributed by atoms with Gasteiger partial charge in [-0.25, -0.2) is 9.79 Å². The summed E-state index contributed by atoms with van der Waals surface area (Å²) in [5.41, 5.74) is 2.03.